The van der Waals surface area contributed by atoms with Gasteiger partial charge in [0.2, 0.25) is 0 Å². The topological polar surface area (TPSA) is 40.9 Å². The largest absolute Gasteiger partial charge is 0.306 e. The van der Waals surface area contributed by atoms with Crippen molar-refractivity contribution < 1.29 is 25.9 Å². The predicted molar refractivity (Wildman–Crippen MR) is 48.4 cm³/mol. The molecule has 0 aliphatic carbocycles. The Labute approximate surface area is 94.9 Å². The SMILES string of the molecule is N=C1SC(=O)Cc2cc[c-]cc21.[W]. The first-order valence-electron chi connectivity index (χ1n) is 3.56. The van der Waals surface area contributed by atoms with E-state index in [4.69, 9.17) is 5.41 Å². The standard InChI is InChI=1S/C9H6NOS.W/c10-9-7-4-2-1-3-6(7)5-8(11)12-9;/h1,3-4,10H,5H2;/q-1;. The minimum absolute atomic E-state index is 0. The van der Waals surface area contributed by atoms with Crippen LogP contribution in [0.25, 0.3) is 0 Å². The average Bonchev–Trinajstić information content (AvgIpc) is 2.04. The molecule has 0 aromatic heterocycles. The molecule has 4 heteroatoms. The van der Waals surface area contributed by atoms with Gasteiger partial charge in [0.05, 0.1) is 0 Å². The maximum atomic E-state index is 11.0. The van der Waals surface area contributed by atoms with Gasteiger partial charge in [0.1, 0.15) is 0 Å². The Bertz CT molecular complexity index is 364. The Kier molecular flexibility index (Phi) is 3.46. The molecule has 0 unspecified atom stereocenters. The Morgan fingerprint density at radius 3 is 3.08 bits per heavy atom. The number of benzene rings is 1. The van der Waals surface area contributed by atoms with E-state index in [9.17, 15) is 4.79 Å². The maximum absolute atomic E-state index is 11.0. The average molecular weight is 360 g/mol. The third-order valence-electron chi connectivity index (χ3n) is 1.75. The summed E-state index contributed by atoms with van der Waals surface area (Å²) in [5, 5.41) is 7.92. The van der Waals surface area contributed by atoms with Crippen LogP contribution in [0.4, 0.5) is 0 Å². The summed E-state index contributed by atoms with van der Waals surface area (Å²) in [7, 11) is 0. The smallest absolute Gasteiger partial charge is 0.196 e. The molecule has 1 heterocycles. The molecule has 2 nitrogen and oxygen atoms in total. The van der Waals surface area contributed by atoms with E-state index in [0.29, 0.717) is 11.5 Å². The van der Waals surface area contributed by atoms with Crippen LogP contribution in [0.5, 0.6) is 0 Å². The summed E-state index contributed by atoms with van der Waals surface area (Å²) < 4.78 is 0. The zero-order chi connectivity index (χ0) is 8.55. The van der Waals surface area contributed by atoms with Gasteiger partial charge in [-0.25, -0.2) is 0 Å². The number of hydrogen-bond acceptors (Lipinski definition) is 3. The van der Waals surface area contributed by atoms with Crippen LogP contribution in [0.15, 0.2) is 18.2 Å². The summed E-state index contributed by atoms with van der Waals surface area (Å²) in [6.07, 6.45) is 0.442. The van der Waals surface area contributed by atoms with Crippen LogP contribution in [0.1, 0.15) is 11.1 Å². The second kappa shape index (κ2) is 4.21. The van der Waals surface area contributed by atoms with Crippen LogP contribution in [0.2, 0.25) is 0 Å². The Balaban J connectivity index is 0.000000845. The molecule has 1 aliphatic heterocycles. The third kappa shape index (κ3) is 2.09. The zero-order valence-corrected chi connectivity index (χ0v) is 10.4. The van der Waals surface area contributed by atoms with Crippen molar-refractivity contribution in [1.29, 1.82) is 5.41 Å². The summed E-state index contributed by atoms with van der Waals surface area (Å²) in [6, 6.07) is 8.28. The van der Waals surface area contributed by atoms with Crippen molar-refractivity contribution in [3.05, 3.63) is 35.4 Å². The Morgan fingerprint density at radius 1 is 1.54 bits per heavy atom. The molecular weight excluding hydrogens is 354 g/mol. The van der Waals surface area contributed by atoms with E-state index in [-0.39, 0.29) is 26.2 Å². The van der Waals surface area contributed by atoms with Crippen LogP contribution >= 0.6 is 11.8 Å². The number of rotatable bonds is 0. The number of nitrogens with one attached hydrogen (secondary N) is 1. The van der Waals surface area contributed by atoms with Gasteiger partial charge in [-0.3, -0.25) is 4.79 Å². The van der Waals surface area contributed by atoms with Gasteiger partial charge < -0.3 is 5.41 Å². The molecular formula is C9H6NOSW-. The maximum Gasteiger partial charge on any atom is 0.196 e. The van der Waals surface area contributed by atoms with Crippen molar-refractivity contribution in [2.75, 3.05) is 0 Å². The number of hydrogen-bond donors (Lipinski definition) is 1. The molecule has 0 saturated heterocycles. The molecule has 0 saturated carbocycles. The Hall–Kier alpha value is -0.402. The number of fused-ring (bicyclic) bond motifs is 1. The number of carbonyl (C=O) groups is 1. The molecule has 13 heavy (non-hydrogen) atoms. The molecule has 2 rings (SSSR count). The molecule has 1 aromatic rings. The minimum atomic E-state index is 0. The first kappa shape index (κ1) is 10.7. The monoisotopic (exact) mass is 360 g/mol. The van der Waals surface area contributed by atoms with Crippen LogP contribution in [0.3, 0.4) is 0 Å². The molecule has 0 fully saturated rings. The molecule has 0 spiro atoms. The second-order valence-electron chi connectivity index (χ2n) is 2.56. The normalized spacial score (nSPS) is 14.8. The van der Waals surface area contributed by atoms with Crippen molar-refractivity contribution in [1.82, 2.24) is 0 Å². The van der Waals surface area contributed by atoms with Gasteiger partial charge >= 0.3 is 0 Å². The fourth-order valence-corrected chi connectivity index (χ4v) is 1.94. The van der Waals surface area contributed by atoms with E-state index < -0.39 is 0 Å². The van der Waals surface area contributed by atoms with Crippen LogP contribution in [-0.4, -0.2) is 10.2 Å². The van der Waals surface area contributed by atoms with Crippen molar-refractivity contribution in [3.8, 4) is 0 Å². The van der Waals surface area contributed by atoms with E-state index in [2.05, 4.69) is 6.07 Å². The molecule has 1 N–H and O–H groups in total. The van der Waals surface area contributed by atoms with E-state index in [0.717, 1.165) is 22.9 Å². The third-order valence-corrected chi connectivity index (χ3v) is 2.55. The van der Waals surface area contributed by atoms with Crippen molar-refractivity contribution in [2.24, 2.45) is 0 Å². The van der Waals surface area contributed by atoms with Gasteiger partial charge in [0.25, 0.3) is 0 Å². The zero-order valence-electron chi connectivity index (χ0n) is 6.66. The van der Waals surface area contributed by atoms with Crippen molar-refractivity contribution in [3.63, 3.8) is 0 Å². The van der Waals surface area contributed by atoms with Gasteiger partial charge in [0.15, 0.2) is 5.12 Å². The van der Waals surface area contributed by atoms with Gasteiger partial charge in [-0.2, -0.15) is 24.3 Å². The van der Waals surface area contributed by atoms with E-state index in [1.165, 1.54) is 0 Å². The van der Waals surface area contributed by atoms with E-state index >= 15 is 0 Å². The fourth-order valence-electron chi connectivity index (χ4n) is 1.19. The van der Waals surface area contributed by atoms with Crippen molar-refractivity contribution in [2.45, 2.75) is 6.42 Å². The molecule has 1 aromatic carbocycles. The molecule has 0 atom stereocenters. The molecule has 0 radical (unpaired) electrons. The fraction of sp³-hybridized carbons (Fsp3) is 0.111. The first-order valence-corrected chi connectivity index (χ1v) is 4.37. The Morgan fingerprint density at radius 2 is 2.31 bits per heavy atom. The van der Waals surface area contributed by atoms with Gasteiger partial charge in [-0.15, -0.1) is 5.56 Å². The molecule has 0 amide bonds. The van der Waals surface area contributed by atoms with Gasteiger partial charge in [-0.05, 0) is 11.8 Å². The molecule has 1 aliphatic rings. The molecule has 66 valence electrons. The summed E-state index contributed by atoms with van der Waals surface area (Å²) >= 11 is 1.01. The van der Waals surface area contributed by atoms with Crippen molar-refractivity contribution >= 4 is 21.9 Å². The van der Waals surface area contributed by atoms with Gasteiger partial charge in [0, 0.05) is 32.5 Å². The summed E-state index contributed by atoms with van der Waals surface area (Å²) in [5.74, 6) is 0. The van der Waals surface area contributed by atoms with E-state index in [1.54, 1.807) is 12.1 Å². The molecule has 0 bridgehead atoms. The quantitative estimate of drug-likeness (QED) is 0.715. The first-order chi connectivity index (χ1) is 5.77. The summed E-state index contributed by atoms with van der Waals surface area (Å²) in [5.41, 5.74) is 1.80. The van der Waals surface area contributed by atoms with Gasteiger partial charge in [-0.1, -0.05) is 5.56 Å². The van der Waals surface area contributed by atoms with Crippen LogP contribution in [0, 0.1) is 11.5 Å². The minimum Gasteiger partial charge on any atom is -0.306 e. The number of carbonyl (C=O) groups excluding carboxylic acids is 1. The number of thioether (sulfide) groups is 1. The van der Waals surface area contributed by atoms with Crippen LogP contribution < -0.4 is 0 Å². The van der Waals surface area contributed by atoms with E-state index in [1.807, 2.05) is 6.07 Å². The van der Waals surface area contributed by atoms with Crippen LogP contribution in [-0.2, 0) is 32.3 Å². The second-order valence-corrected chi connectivity index (χ2v) is 3.63. The predicted octanol–water partition coefficient (Wildman–Crippen LogP) is 1.63. The summed E-state index contributed by atoms with van der Waals surface area (Å²) in [6.45, 7) is 0. The summed E-state index contributed by atoms with van der Waals surface area (Å²) in [4.78, 5) is 11.0.